The van der Waals surface area contributed by atoms with Crippen LogP contribution >= 0.6 is 0 Å². The lowest BCUT2D eigenvalue weighted by molar-refractivity contribution is -0.183. The number of carbonyl (C=O) groups is 1. The van der Waals surface area contributed by atoms with Crippen LogP contribution < -0.4 is 9.47 Å². The number of allylic oxidation sites excluding steroid dienone is 2. The minimum absolute atomic E-state index is 0.370. The zero-order valence-corrected chi connectivity index (χ0v) is 22.7. The molecule has 0 aliphatic carbocycles. The highest BCUT2D eigenvalue weighted by molar-refractivity contribution is 5.66. The summed E-state index contributed by atoms with van der Waals surface area (Å²) in [4.78, 5) is 11.2. The van der Waals surface area contributed by atoms with Crippen molar-refractivity contribution in [1.82, 2.24) is 0 Å². The molecule has 0 atom stereocenters. The molecule has 5 heteroatoms. The number of benzene rings is 3. The summed E-state index contributed by atoms with van der Waals surface area (Å²) in [7, 11) is 0. The van der Waals surface area contributed by atoms with E-state index in [1.165, 1.54) is 12.5 Å². The zero-order chi connectivity index (χ0) is 27.6. The van der Waals surface area contributed by atoms with Crippen LogP contribution in [0.25, 0.3) is 18.2 Å². The highest BCUT2D eigenvalue weighted by Gasteiger charge is 2.23. The van der Waals surface area contributed by atoms with Crippen molar-refractivity contribution in [2.24, 2.45) is 0 Å². The van der Waals surface area contributed by atoms with E-state index in [0.717, 1.165) is 35.1 Å². The number of aliphatic hydroxyl groups is 1. The lowest BCUT2D eigenvalue weighted by atomic mass is 9.97. The van der Waals surface area contributed by atoms with E-state index in [1.807, 2.05) is 85.0 Å². The molecule has 0 radical (unpaired) electrons. The summed E-state index contributed by atoms with van der Waals surface area (Å²) in [6.45, 7) is 8.91. The van der Waals surface area contributed by atoms with Crippen LogP contribution in [0.3, 0.4) is 0 Å². The summed E-state index contributed by atoms with van der Waals surface area (Å²) < 4.78 is 17.1. The smallest absolute Gasteiger partial charge is 0.305 e. The molecular weight excluding hydrogens is 476 g/mol. The fourth-order valence-electron chi connectivity index (χ4n) is 3.96. The summed E-state index contributed by atoms with van der Waals surface area (Å²) in [5.41, 5.74) is 3.86. The Morgan fingerprint density at radius 2 is 1.16 bits per heavy atom. The summed E-state index contributed by atoms with van der Waals surface area (Å²) in [6, 6.07) is 23.7. The maximum atomic E-state index is 11.2. The minimum atomic E-state index is -1.02. The van der Waals surface area contributed by atoms with Crippen LogP contribution in [0.2, 0.25) is 0 Å². The predicted molar refractivity (Wildman–Crippen MR) is 154 cm³/mol. The number of aliphatic hydroxyl groups excluding tert-OH is 1. The van der Waals surface area contributed by atoms with Gasteiger partial charge in [0.05, 0.1) is 6.26 Å². The molecule has 198 valence electrons. The van der Waals surface area contributed by atoms with Crippen molar-refractivity contribution >= 4 is 24.2 Å². The second kappa shape index (κ2) is 12.8. The number of hydrogen-bond donors (Lipinski definition) is 1. The van der Waals surface area contributed by atoms with Gasteiger partial charge in [-0.1, -0.05) is 72.8 Å². The van der Waals surface area contributed by atoms with Crippen molar-refractivity contribution in [2.45, 2.75) is 52.4 Å². The third kappa shape index (κ3) is 9.66. The van der Waals surface area contributed by atoms with Gasteiger partial charge in [0.1, 0.15) is 17.1 Å². The highest BCUT2D eigenvalue weighted by atomic mass is 16.7. The highest BCUT2D eigenvalue weighted by Crippen LogP contribution is 2.24. The van der Waals surface area contributed by atoms with Gasteiger partial charge in [-0.3, -0.25) is 4.79 Å². The first-order chi connectivity index (χ1) is 18.0. The molecule has 3 rings (SSSR count). The predicted octanol–water partition coefficient (Wildman–Crippen LogP) is 8.02. The molecule has 0 aliphatic rings. The first-order valence-electron chi connectivity index (χ1n) is 12.6. The molecular formula is C33H36O5. The Kier molecular flexibility index (Phi) is 9.55. The molecule has 5 nitrogen and oxygen atoms in total. The molecule has 0 saturated carbocycles. The Bertz CT molecular complexity index is 1260. The molecule has 0 aromatic heterocycles. The topological polar surface area (TPSA) is 65.0 Å². The normalized spacial score (nSPS) is 12.3. The Labute approximate surface area is 225 Å². The number of esters is 1. The molecule has 0 spiro atoms. The molecule has 0 unspecified atom stereocenters. The van der Waals surface area contributed by atoms with Crippen LogP contribution in [-0.2, 0) is 16.0 Å². The summed E-state index contributed by atoms with van der Waals surface area (Å²) >= 11 is 0. The second-order valence-electron chi connectivity index (χ2n) is 10.0. The average molecular weight is 513 g/mol. The minimum Gasteiger partial charge on any atom is -0.516 e. The number of hydrogen-bond acceptors (Lipinski definition) is 5. The van der Waals surface area contributed by atoms with Gasteiger partial charge in [0.25, 0.3) is 0 Å². The quantitative estimate of drug-likeness (QED) is 0.122. The summed E-state index contributed by atoms with van der Waals surface area (Å²) in [5.74, 6) is 0.0423. The molecule has 0 heterocycles. The monoisotopic (exact) mass is 512 g/mol. The fourth-order valence-corrected chi connectivity index (χ4v) is 3.96. The van der Waals surface area contributed by atoms with Gasteiger partial charge in [-0.25, -0.2) is 0 Å². The van der Waals surface area contributed by atoms with E-state index in [1.54, 1.807) is 19.9 Å². The maximum absolute atomic E-state index is 11.2. The molecule has 0 aliphatic heterocycles. The van der Waals surface area contributed by atoms with Crippen LogP contribution in [0.1, 0.15) is 56.9 Å². The van der Waals surface area contributed by atoms with Gasteiger partial charge < -0.3 is 19.3 Å². The van der Waals surface area contributed by atoms with Crippen molar-refractivity contribution in [1.29, 1.82) is 0 Å². The van der Waals surface area contributed by atoms with Crippen LogP contribution in [0.15, 0.2) is 91.2 Å². The van der Waals surface area contributed by atoms with Gasteiger partial charge in [0, 0.05) is 27.2 Å². The van der Waals surface area contributed by atoms with E-state index in [2.05, 4.69) is 26.0 Å². The van der Waals surface area contributed by atoms with E-state index in [0.29, 0.717) is 5.75 Å². The first kappa shape index (κ1) is 28.3. The summed E-state index contributed by atoms with van der Waals surface area (Å²) in [5, 5.41) is 8.90. The van der Waals surface area contributed by atoms with Gasteiger partial charge in [-0.2, -0.15) is 0 Å². The molecule has 0 fully saturated rings. The van der Waals surface area contributed by atoms with E-state index in [-0.39, 0.29) is 11.6 Å². The second-order valence-corrected chi connectivity index (χ2v) is 10.0. The maximum Gasteiger partial charge on any atom is 0.305 e. The van der Waals surface area contributed by atoms with Gasteiger partial charge >= 0.3 is 5.97 Å². The van der Waals surface area contributed by atoms with E-state index < -0.39 is 5.79 Å². The third-order valence-electron chi connectivity index (χ3n) is 5.47. The Hall–Kier alpha value is -4.25. The lowest BCUT2D eigenvalue weighted by Gasteiger charge is -2.27. The molecule has 3 aromatic rings. The van der Waals surface area contributed by atoms with E-state index in [9.17, 15) is 4.79 Å². The first-order valence-corrected chi connectivity index (χ1v) is 12.6. The SMILES string of the molecule is CC(=O)OC(C)(C)Oc1ccc(C=CC=Cc2ccc(OC(C)(C)Cc3ccc(C=CO)cc3)cc2)cc1. The molecule has 1 N–H and O–H groups in total. The van der Waals surface area contributed by atoms with Crippen molar-refractivity contribution in [2.75, 3.05) is 0 Å². The van der Waals surface area contributed by atoms with Crippen LogP contribution in [-0.4, -0.2) is 22.5 Å². The molecule has 0 bridgehead atoms. The third-order valence-corrected chi connectivity index (χ3v) is 5.47. The molecule has 3 aromatic carbocycles. The average Bonchev–Trinajstić information content (AvgIpc) is 2.84. The van der Waals surface area contributed by atoms with Gasteiger partial charge in [-0.15, -0.1) is 0 Å². The molecule has 0 amide bonds. The zero-order valence-electron chi connectivity index (χ0n) is 22.7. The number of ether oxygens (including phenoxy) is 3. The van der Waals surface area contributed by atoms with E-state index in [4.69, 9.17) is 19.3 Å². The standard InChI is InChI=1S/C33H36O5/c1-25(35)36-33(4,5)38-31-20-16-27(17-21-31)9-7-6-8-26-14-18-30(19-15-26)37-32(2,3)24-29-12-10-28(11-13-29)22-23-34/h6-23,34H,24H2,1-5H3. The Morgan fingerprint density at radius 3 is 1.63 bits per heavy atom. The molecule has 0 saturated heterocycles. The summed E-state index contributed by atoms with van der Waals surface area (Å²) in [6.07, 6.45) is 11.5. The number of carbonyl (C=O) groups excluding carboxylic acids is 1. The van der Waals surface area contributed by atoms with Crippen molar-refractivity contribution in [3.8, 4) is 11.5 Å². The Morgan fingerprint density at radius 1 is 0.711 bits per heavy atom. The van der Waals surface area contributed by atoms with Gasteiger partial charge in [0.2, 0.25) is 5.79 Å². The van der Waals surface area contributed by atoms with Crippen molar-refractivity contribution in [3.63, 3.8) is 0 Å². The van der Waals surface area contributed by atoms with Crippen LogP contribution in [0, 0.1) is 0 Å². The van der Waals surface area contributed by atoms with Crippen LogP contribution in [0.4, 0.5) is 0 Å². The number of rotatable bonds is 11. The largest absolute Gasteiger partial charge is 0.516 e. The molecule has 38 heavy (non-hydrogen) atoms. The fraction of sp³-hybridized carbons (Fsp3) is 0.242. The van der Waals surface area contributed by atoms with Gasteiger partial charge in [-0.05, 0) is 66.4 Å². The van der Waals surface area contributed by atoms with Crippen LogP contribution in [0.5, 0.6) is 11.5 Å². The lowest BCUT2D eigenvalue weighted by Crippen LogP contribution is -2.33. The van der Waals surface area contributed by atoms with Crippen molar-refractivity contribution < 1.29 is 24.1 Å². The Balaban J connectivity index is 1.51. The van der Waals surface area contributed by atoms with E-state index >= 15 is 0 Å². The van der Waals surface area contributed by atoms with Crippen molar-refractivity contribution in [3.05, 3.63) is 113 Å². The van der Waals surface area contributed by atoms with Gasteiger partial charge in [0.15, 0.2) is 0 Å².